The lowest BCUT2D eigenvalue weighted by molar-refractivity contribution is 0.419. The molecule has 0 aromatic rings. The fourth-order valence-electron chi connectivity index (χ4n) is 1.54. The lowest BCUT2D eigenvalue weighted by atomic mass is 10.0. The molecule has 0 heterocycles. The van der Waals surface area contributed by atoms with Crippen LogP contribution in [0.2, 0.25) is 0 Å². The van der Waals surface area contributed by atoms with Crippen LogP contribution >= 0.6 is 0 Å². The Kier molecular flexibility index (Phi) is 3.20. The van der Waals surface area contributed by atoms with Gasteiger partial charge in [-0.15, -0.1) is 0 Å². The van der Waals surface area contributed by atoms with Crippen molar-refractivity contribution < 1.29 is 0 Å². The molecule has 1 unspecified atom stereocenters. The smallest absolute Gasteiger partial charge is 0.00181 e. The van der Waals surface area contributed by atoms with E-state index >= 15 is 0 Å². The summed E-state index contributed by atoms with van der Waals surface area (Å²) in [7, 11) is 0. The van der Waals surface area contributed by atoms with Crippen LogP contribution in [0.15, 0.2) is 0 Å². The number of hydrogen-bond donors (Lipinski definition) is 1. The molecule has 0 aliphatic heterocycles. The van der Waals surface area contributed by atoms with Crippen LogP contribution < -0.4 is 5.32 Å². The van der Waals surface area contributed by atoms with Crippen molar-refractivity contribution in [1.82, 2.24) is 5.32 Å². The van der Waals surface area contributed by atoms with Gasteiger partial charge in [0.05, 0.1) is 0 Å². The normalized spacial score (nSPS) is 21.0. The molecule has 1 rings (SSSR count). The molecule has 1 heteroatoms. The highest BCUT2D eigenvalue weighted by Gasteiger charge is 2.28. The fraction of sp³-hybridized carbons (Fsp3) is 1.00. The van der Waals surface area contributed by atoms with E-state index in [1.54, 1.807) is 0 Å². The first-order valence-electron chi connectivity index (χ1n) is 4.59. The molecule has 1 atom stereocenters. The summed E-state index contributed by atoms with van der Waals surface area (Å²) < 4.78 is 0. The van der Waals surface area contributed by atoms with Gasteiger partial charge in [-0.2, -0.15) is 0 Å². The van der Waals surface area contributed by atoms with Gasteiger partial charge in [-0.05, 0) is 37.8 Å². The summed E-state index contributed by atoms with van der Waals surface area (Å²) in [6, 6.07) is 0. The molecule has 0 spiro atoms. The van der Waals surface area contributed by atoms with Gasteiger partial charge in [-0.25, -0.2) is 0 Å². The number of rotatable bonds is 5. The van der Waals surface area contributed by atoms with Crippen molar-refractivity contribution in [1.29, 1.82) is 0 Å². The second-order valence-electron chi connectivity index (χ2n) is 3.31. The van der Waals surface area contributed by atoms with E-state index in [2.05, 4.69) is 19.2 Å². The van der Waals surface area contributed by atoms with E-state index in [9.17, 15) is 0 Å². The van der Waals surface area contributed by atoms with E-state index in [0.29, 0.717) is 0 Å². The van der Waals surface area contributed by atoms with E-state index in [4.69, 9.17) is 0 Å². The molecule has 0 amide bonds. The van der Waals surface area contributed by atoms with E-state index in [1.165, 1.54) is 25.8 Å². The minimum Gasteiger partial charge on any atom is -0.317 e. The van der Waals surface area contributed by atoms with Gasteiger partial charge in [0.25, 0.3) is 0 Å². The standard InChI is InChI=1S/C9H19N/c1-3-8(7-10-4-2)9-5-6-9/h8-10H,3-7H2,1-2H3. The van der Waals surface area contributed by atoms with Gasteiger partial charge in [-0.1, -0.05) is 20.3 Å². The Bertz CT molecular complexity index is 86.7. The zero-order valence-corrected chi connectivity index (χ0v) is 7.19. The van der Waals surface area contributed by atoms with Gasteiger partial charge in [0.15, 0.2) is 0 Å². The van der Waals surface area contributed by atoms with E-state index in [0.717, 1.165) is 18.4 Å². The average molecular weight is 141 g/mol. The molecule has 1 N–H and O–H groups in total. The molecule has 10 heavy (non-hydrogen) atoms. The third kappa shape index (κ3) is 2.30. The third-order valence-corrected chi connectivity index (χ3v) is 2.47. The lowest BCUT2D eigenvalue weighted by Crippen LogP contribution is -2.23. The molecule has 60 valence electrons. The molecule has 0 aromatic carbocycles. The molecular formula is C9H19N. The van der Waals surface area contributed by atoms with Crippen molar-refractivity contribution in [2.45, 2.75) is 33.1 Å². The summed E-state index contributed by atoms with van der Waals surface area (Å²) in [5.41, 5.74) is 0. The quantitative estimate of drug-likeness (QED) is 0.617. The van der Waals surface area contributed by atoms with Crippen molar-refractivity contribution in [2.24, 2.45) is 11.8 Å². The van der Waals surface area contributed by atoms with E-state index < -0.39 is 0 Å². The highest BCUT2D eigenvalue weighted by Crippen LogP contribution is 2.37. The first-order valence-corrected chi connectivity index (χ1v) is 4.59. The molecule has 1 aliphatic rings. The molecule has 0 saturated heterocycles. The topological polar surface area (TPSA) is 12.0 Å². The molecule has 1 fully saturated rings. The fourth-order valence-corrected chi connectivity index (χ4v) is 1.54. The first-order chi connectivity index (χ1) is 4.88. The first kappa shape index (κ1) is 8.06. The second kappa shape index (κ2) is 3.97. The summed E-state index contributed by atoms with van der Waals surface area (Å²) in [6.45, 7) is 6.86. The van der Waals surface area contributed by atoms with Gasteiger partial charge in [0.2, 0.25) is 0 Å². The minimum absolute atomic E-state index is 0.972. The Morgan fingerprint density at radius 1 is 1.40 bits per heavy atom. The summed E-state index contributed by atoms with van der Waals surface area (Å²) in [5.74, 6) is 2.05. The molecule has 1 saturated carbocycles. The zero-order valence-electron chi connectivity index (χ0n) is 7.19. The zero-order chi connectivity index (χ0) is 7.40. The Labute approximate surface area is 64.2 Å². The summed E-state index contributed by atoms with van der Waals surface area (Å²) in [4.78, 5) is 0. The van der Waals surface area contributed by atoms with Crippen LogP contribution in [0.5, 0.6) is 0 Å². The Balaban J connectivity index is 2.07. The van der Waals surface area contributed by atoms with E-state index in [1.807, 2.05) is 0 Å². The second-order valence-corrected chi connectivity index (χ2v) is 3.31. The molecule has 1 nitrogen and oxygen atoms in total. The van der Waals surface area contributed by atoms with Crippen LogP contribution in [-0.2, 0) is 0 Å². The predicted molar refractivity (Wildman–Crippen MR) is 45.0 cm³/mol. The van der Waals surface area contributed by atoms with Gasteiger partial charge in [-0.3, -0.25) is 0 Å². The highest BCUT2D eigenvalue weighted by atomic mass is 14.8. The number of nitrogens with one attached hydrogen (secondary N) is 1. The maximum absolute atomic E-state index is 3.42. The van der Waals surface area contributed by atoms with Crippen LogP contribution in [0, 0.1) is 11.8 Å². The monoisotopic (exact) mass is 141 g/mol. The third-order valence-electron chi connectivity index (χ3n) is 2.47. The highest BCUT2D eigenvalue weighted by molar-refractivity contribution is 4.81. The van der Waals surface area contributed by atoms with Crippen molar-refractivity contribution in [3.8, 4) is 0 Å². The van der Waals surface area contributed by atoms with Crippen molar-refractivity contribution in [2.75, 3.05) is 13.1 Å². The van der Waals surface area contributed by atoms with Crippen LogP contribution in [0.1, 0.15) is 33.1 Å². The molecule has 0 aromatic heterocycles. The largest absolute Gasteiger partial charge is 0.317 e. The van der Waals surface area contributed by atoms with Crippen LogP contribution in [0.25, 0.3) is 0 Å². The van der Waals surface area contributed by atoms with Crippen LogP contribution in [0.4, 0.5) is 0 Å². The minimum atomic E-state index is 0.972. The Hall–Kier alpha value is -0.0400. The average Bonchev–Trinajstić information content (AvgIpc) is 2.73. The van der Waals surface area contributed by atoms with Crippen LogP contribution in [0.3, 0.4) is 0 Å². The molecule has 1 aliphatic carbocycles. The predicted octanol–water partition coefficient (Wildman–Crippen LogP) is 2.03. The molecular weight excluding hydrogens is 122 g/mol. The molecule has 0 bridgehead atoms. The number of hydrogen-bond acceptors (Lipinski definition) is 1. The van der Waals surface area contributed by atoms with Gasteiger partial charge in [0.1, 0.15) is 0 Å². The maximum atomic E-state index is 3.42. The summed E-state index contributed by atoms with van der Waals surface area (Å²) in [5, 5.41) is 3.42. The molecule has 0 radical (unpaired) electrons. The maximum Gasteiger partial charge on any atom is -0.00181 e. The van der Waals surface area contributed by atoms with Gasteiger partial charge in [0, 0.05) is 0 Å². The van der Waals surface area contributed by atoms with E-state index in [-0.39, 0.29) is 0 Å². The van der Waals surface area contributed by atoms with Crippen molar-refractivity contribution in [3.63, 3.8) is 0 Å². The Morgan fingerprint density at radius 2 is 2.10 bits per heavy atom. The van der Waals surface area contributed by atoms with Gasteiger partial charge >= 0.3 is 0 Å². The van der Waals surface area contributed by atoms with Gasteiger partial charge < -0.3 is 5.32 Å². The summed E-state index contributed by atoms with van der Waals surface area (Å²) >= 11 is 0. The van der Waals surface area contributed by atoms with Crippen LogP contribution in [-0.4, -0.2) is 13.1 Å². The summed E-state index contributed by atoms with van der Waals surface area (Å²) in [6.07, 6.45) is 4.34. The van der Waals surface area contributed by atoms with Crippen molar-refractivity contribution >= 4 is 0 Å². The lowest BCUT2D eigenvalue weighted by Gasteiger charge is -2.13. The SMILES string of the molecule is CCNCC(CC)C1CC1. The van der Waals surface area contributed by atoms with Crippen molar-refractivity contribution in [3.05, 3.63) is 0 Å². The Morgan fingerprint density at radius 3 is 2.50 bits per heavy atom.